The lowest BCUT2D eigenvalue weighted by molar-refractivity contribution is 0.261. The van der Waals surface area contributed by atoms with Crippen LogP contribution in [-0.2, 0) is 6.42 Å². The van der Waals surface area contributed by atoms with Gasteiger partial charge in [0.1, 0.15) is 17.4 Å². The molecule has 0 spiro atoms. The van der Waals surface area contributed by atoms with E-state index in [2.05, 4.69) is 32.2 Å². The Bertz CT molecular complexity index is 1170. The SMILES string of the molecule is N#CC1C=CNC=C1Nc1c(Cl)cnc2c(NC3Cc4ccccc4O3)noc12. The molecule has 8 nitrogen and oxygen atoms in total. The second kappa shape index (κ2) is 7.04. The van der Waals surface area contributed by atoms with Crippen LogP contribution in [0.4, 0.5) is 11.5 Å². The quantitative estimate of drug-likeness (QED) is 0.601. The van der Waals surface area contributed by atoms with Gasteiger partial charge in [0.15, 0.2) is 17.6 Å². The molecule has 0 amide bonds. The molecular weight excluding hydrogens is 392 g/mol. The monoisotopic (exact) mass is 406 g/mol. The molecule has 144 valence electrons. The number of hydrogen-bond donors (Lipinski definition) is 3. The second-order valence-corrected chi connectivity index (χ2v) is 7.02. The van der Waals surface area contributed by atoms with Crippen molar-refractivity contribution in [3.8, 4) is 11.8 Å². The van der Waals surface area contributed by atoms with Crippen molar-refractivity contribution in [3.05, 3.63) is 65.2 Å². The molecule has 0 bridgehead atoms. The van der Waals surface area contributed by atoms with Crippen molar-refractivity contribution in [1.29, 1.82) is 5.26 Å². The summed E-state index contributed by atoms with van der Waals surface area (Å²) in [5, 5.41) is 23.2. The average molecular weight is 407 g/mol. The smallest absolute Gasteiger partial charge is 0.212 e. The Hall–Kier alpha value is -3.70. The van der Waals surface area contributed by atoms with Crippen LogP contribution in [0.5, 0.6) is 5.75 Å². The van der Waals surface area contributed by atoms with Crippen LogP contribution in [0.2, 0.25) is 5.02 Å². The summed E-state index contributed by atoms with van der Waals surface area (Å²) in [5.41, 5.74) is 3.18. The number of nitriles is 1. The van der Waals surface area contributed by atoms with Gasteiger partial charge in [0, 0.05) is 18.8 Å². The molecule has 9 heteroatoms. The molecule has 1 aromatic carbocycles. The topological polar surface area (TPSA) is 108 Å². The van der Waals surface area contributed by atoms with Crippen molar-refractivity contribution in [2.45, 2.75) is 12.6 Å². The van der Waals surface area contributed by atoms with Gasteiger partial charge in [-0.15, -0.1) is 0 Å². The van der Waals surface area contributed by atoms with E-state index >= 15 is 0 Å². The molecule has 2 unspecified atom stereocenters. The van der Waals surface area contributed by atoms with Crippen LogP contribution in [-0.4, -0.2) is 16.4 Å². The zero-order valence-corrected chi connectivity index (χ0v) is 15.8. The van der Waals surface area contributed by atoms with Crippen LogP contribution in [0, 0.1) is 17.2 Å². The first-order valence-electron chi connectivity index (χ1n) is 8.97. The standard InChI is InChI=1S/C20H15ClN6O2/c21-13-9-24-18-19(17(13)25-14-10-23-6-5-12(14)8-22)29-27-20(18)26-16-7-11-3-1-2-4-15(11)28-16/h1-6,9-10,12,16,23H,7H2,(H,24,25)(H,26,27). The maximum Gasteiger partial charge on any atom is 0.212 e. The van der Waals surface area contributed by atoms with Gasteiger partial charge in [0.25, 0.3) is 0 Å². The van der Waals surface area contributed by atoms with Gasteiger partial charge in [-0.25, -0.2) is 4.98 Å². The number of pyridine rings is 1. The van der Waals surface area contributed by atoms with Crippen LogP contribution in [0.25, 0.3) is 11.1 Å². The first kappa shape index (κ1) is 17.4. The number of dihydropyridines is 1. The van der Waals surface area contributed by atoms with Crippen LogP contribution < -0.4 is 20.7 Å². The third-order valence-electron chi connectivity index (χ3n) is 4.75. The Balaban J connectivity index is 1.43. The summed E-state index contributed by atoms with van der Waals surface area (Å²) >= 11 is 6.35. The number of benzene rings is 1. The minimum atomic E-state index is -0.429. The number of hydrogen-bond acceptors (Lipinski definition) is 8. The number of anilines is 2. The number of para-hydroxylation sites is 1. The summed E-state index contributed by atoms with van der Waals surface area (Å²) < 4.78 is 11.4. The van der Waals surface area contributed by atoms with E-state index in [1.54, 1.807) is 18.5 Å². The van der Waals surface area contributed by atoms with E-state index in [1.807, 2.05) is 24.3 Å². The molecule has 2 atom stereocenters. The molecule has 0 saturated carbocycles. The van der Waals surface area contributed by atoms with E-state index in [1.165, 1.54) is 6.20 Å². The fraction of sp³-hybridized carbons (Fsp3) is 0.150. The summed E-state index contributed by atoms with van der Waals surface area (Å²) in [6, 6.07) is 10.1. The van der Waals surface area contributed by atoms with Gasteiger partial charge >= 0.3 is 0 Å². The van der Waals surface area contributed by atoms with Gasteiger partial charge in [0.05, 0.1) is 16.8 Å². The number of aromatic nitrogens is 2. The summed E-state index contributed by atoms with van der Waals surface area (Å²) in [4.78, 5) is 4.36. The van der Waals surface area contributed by atoms with Crippen molar-refractivity contribution < 1.29 is 9.26 Å². The number of ether oxygens (including phenoxy) is 1. The van der Waals surface area contributed by atoms with Gasteiger partial charge in [-0.05, 0) is 23.9 Å². The normalized spacial score (nSPS) is 19.7. The number of allylic oxidation sites excluding steroid dienone is 1. The second-order valence-electron chi connectivity index (χ2n) is 6.61. The lowest BCUT2D eigenvalue weighted by atomic mass is 10.1. The largest absolute Gasteiger partial charge is 0.470 e. The van der Waals surface area contributed by atoms with Gasteiger partial charge in [-0.2, -0.15) is 5.26 Å². The van der Waals surface area contributed by atoms with Crippen molar-refractivity contribution in [2.75, 3.05) is 10.6 Å². The Kier molecular flexibility index (Phi) is 4.22. The van der Waals surface area contributed by atoms with E-state index < -0.39 is 5.92 Å². The zero-order valence-electron chi connectivity index (χ0n) is 15.0. The summed E-state index contributed by atoms with van der Waals surface area (Å²) in [6.07, 6.45) is 7.11. The van der Waals surface area contributed by atoms with Crippen molar-refractivity contribution >= 4 is 34.2 Å². The zero-order chi connectivity index (χ0) is 19.8. The number of nitrogens with one attached hydrogen (secondary N) is 3. The number of halogens is 1. The Labute approximate surface area is 170 Å². The minimum absolute atomic E-state index is 0.270. The van der Waals surface area contributed by atoms with Crippen LogP contribution in [0.1, 0.15) is 5.56 Å². The minimum Gasteiger partial charge on any atom is -0.470 e. The number of nitrogens with zero attached hydrogens (tertiary/aromatic N) is 3. The van der Waals surface area contributed by atoms with Crippen molar-refractivity contribution in [1.82, 2.24) is 15.5 Å². The highest BCUT2D eigenvalue weighted by Gasteiger charge is 2.26. The summed E-state index contributed by atoms with van der Waals surface area (Å²) in [5.74, 6) is 0.884. The molecule has 2 aliphatic rings. The van der Waals surface area contributed by atoms with Gasteiger partial charge < -0.3 is 25.2 Å². The van der Waals surface area contributed by atoms with Crippen LogP contribution in [0.3, 0.4) is 0 Å². The van der Waals surface area contributed by atoms with E-state index in [0.717, 1.165) is 11.3 Å². The van der Waals surface area contributed by atoms with Crippen molar-refractivity contribution in [3.63, 3.8) is 0 Å². The maximum absolute atomic E-state index is 9.35. The van der Waals surface area contributed by atoms with Crippen LogP contribution in [0.15, 0.2) is 59.2 Å². The molecule has 0 aliphatic carbocycles. The highest BCUT2D eigenvalue weighted by atomic mass is 35.5. The molecule has 0 saturated heterocycles. The highest BCUT2D eigenvalue weighted by Crippen LogP contribution is 2.36. The van der Waals surface area contributed by atoms with E-state index in [9.17, 15) is 5.26 Å². The van der Waals surface area contributed by atoms with E-state index in [4.69, 9.17) is 20.9 Å². The lowest BCUT2D eigenvalue weighted by Gasteiger charge is -2.17. The molecule has 29 heavy (non-hydrogen) atoms. The molecular formula is C20H15ClN6O2. The third kappa shape index (κ3) is 3.11. The number of rotatable bonds is 4. The summed E-state index contributed by atoms with van der Waals surface area (Å²) in [7, 11) is 0. The third-order valence-corrected chi connectivity index (χ3v) is 5.04. The molecule has 2 aliphatic heterocycles. The Morgan fingerprint density at radius 2 is 2.21 bits per heavy atom. The Morgan fingerprint density at radius 3 is 3.07 bits per heavy atom. The average Bonchev–Trinajstić information content (AvgIpc) is 3.34. The fourth-order valence-electron chi connectivity index (χ4n) is 3.34. The van der Waals surface area contributed by atoms with Gasteiger partial charge in [-0.1, -0.05) is 35.0 Å². The number of fused-ring (bicyclic) bond motifs is 2. The van der Waals surface area contributed by atoms with E-state index in [-0.39, 0.29) is 6.23 Å². The molecule has 3 N–H and O–H groups in total. The fourth-order valence-corrected chi connectivity index (χ4v) is 3.53. The van der Waals surface area contributed by atoms with Crippen LogP contribution >= 0.6 is 11.6 Å². The predicted molar refractivity (Wildman–Crippen MR) is 108 cm³/mol. The molecule has 2 aromatic heterocycles. The maximum atomic E-state index is 9.35. The van der Waals surface area contributed by atoms with Gasteiger partial charge in [0.2, 0.25) is 5.58 Å². The first-order chi connectivity index (χ1) is 14.2. The van der Waals surface area contributed by atoms with Crippen molar-refractivity contribution in [2.24, 2.45) is 5.92 Å². The molecule has 4 heterocycles. The molecule has 3 aromatic rings. The molecule has 0 fully saturated rings. The first-order valence-corrected chi connectivity index (χ1v) is 9.35. The Morgan fingerprint density at radius 1 is 1.31 bits per heavy atom. The highest BCUT2D eigenvalue weighted by molar-refractivity contribution is 6.34. The predicted octanol–water partition coefficient (Wildman–Crippen LogP) is 3.76. The van der Waals surface area contributed by atoms with Gasteiger partial charge in [-0.3, -0.25) is 0 Å². The molecule has 5 rings (SSSR count). The lowest BCUT2D eigenvalue weighted by Crippen LogP contribution is -2.24. The summed E-state index contributed by atoms with van der Waals surface area (Å²) in [6.45, 7) is 0. The van der Waals surface area contributed by atoms with E-state index in [0.29, 0.717) is 39.7 Å². The molecule has 0 radical (unpaired) electrons.